The second-order valence-electron chi connectivity index (χ2n) is 6.27. The van der Waals surface area contributed by atoms with Crippen LogP contribution in [0.5, 0.6) is 0 Å². The number of rotatable bonds is 7. The van der Waals surface area contributed by atoms with Crippen LogP contribution in [-0.2, 0) is 20.7 Å². The van der Waals surface area contributed by atoms with E-state index in [2.05, 4.69) is 16.9 Å². The molecule has 28 heavy (non-hydrogen) atoms. The first-order valence-corrected chi connectivity index (χ1v) is 8.43. The van der Waals surface area contributed by atoms with Crippen molar-refractivity contribution < 1.29 is 27.5 Å². The van der Waals surface area contributed by atoms with Gasteiger partial charge in [-0.1, -0.05) is 6.58 Å². The maximum absolute atomic E-state index is 13.9. The molecule has 0 fully saturated rings. The summed E-state index contributed by atoms with van der Waals surface area (Å²) >= 11 is 0. The van der Waals surface area contributed by atoms with Crippen molar-refractivity contribution in [2.24, 2.45) is 0 Å². The summed E-state index contributed by atoms with van der Waals surface area (Å²) in [5.74, 6) is -5.75. The molecule has 1 heterocycles. The Bertz CT molecular complexity index is 886. The Kier molecular flexibility index (Phi) is 6.92. The van der Waals surface area contributed by atoms with Gasteiger partial charge in [0.2, 0.25) is 0 Å². The van der Waals surface area contributed by atoms with Crippen LogP contribution in [0.2, 0.25) is 0 Å². The van der Waals surface area contributed by atoms with Gasteiger partial charge in [0.15, 0.2) is 11.6 Å². The topological polar surface area (TPSA) is 68.3 Å². The molecule has 2 aromatic rings. The van der Waals surface area contributed by atoms with Crippen molar-refractivity contribution in [2.75, 3.05) is 0 Å². The van der Waals surface area contributed by atoms with Crippen molar-refractivity contribution in [3.8, 4) is 0 Å². The van der Waals surface area contributed by atoms with Crippen LogP contribution in [0, 0.1) is 17.5 Å². The lowest BCUT2D eigenvalue weighted by molar-refractivity contribution is -0.151. The summed E-state index contributed by atoms with van der Waals surface area (Å²) in [6, 6.07) is 3.43. The summed E-state index contributed by atoms with van der Waals surface area (Å²) in [5.41, 5.74) is -0.862. The van der Waals surface area contributed by atoms with E-state index in [-0.39, 0.29) is 6.42 Å². The lowest BCUT2D eigenvalue weighted by Gasteiger charge is -2.20. The van der Waals surface area contributed by atoms with Gasteiger partial charge in [-0.2, -0.15) is 0 Å². The molecule has 1 aromatic carbocycles. The zero-order valence-corrected chi connectivity index (χ0v) is 15.3. The minimum atomic E-state index is -1.53. The molecule has 0 aliphatic rings. The Hall–Kier alpha value is -3.16. The number of carbonyl (C=O) groups excluding carboxylic acids is 2. The van der Waals surface area contributed by atoms with E-state index in [9.17, 15) is 22.8 Å². The van der Waals surface area contributed by atoms with Gasteiger partial charge in [-0.25, -0.2) is 18.0 Å². The fourth-order valence-corrected chi connectivity index (χ4v) is 2.42. The minimum Gasteiger partial charge on any atom is -0.461 e. The lowest BCUT2D eigenvalue weighted by atomic mass is 10.0. The first-order chi connectivity index (χ1) is 13.2. The van der Waals surface area contributed by atoms with Crippen molar-refractivity contribution in [1.82, 2.24) is 10.3 Å². The minimum absolute atomic E-state index is 0.0568. The SMILES string of the molecule is C=C(C(=O)NC(Cc1ccncc1)C(=O)OC(C)C)c1c(F)ccc(F)c1F. The van der Waals surface area contributed by atoms with E-state index in [1.54, 1.807) is 26.0 Å². The molecular weight excluding hydrogens is 373 g/mol. The van der Waals surface area contributed by atoms with E-state index in [1.807, 2.05) is 0 Å². The number of ether oxygens (including phenoxy) is 1. The van der Waals surface area contributed by atoms with Crippen molar-refractivity contribution in [1.29, 1.82) is 0 Å². The van der Waals surface area contributed by atoms with Crippen molar-refractivity contribution in [3.05, 3.63) is 71.8 Å². The zero-order valence-electron chi connectivity index (χ0n) is 15.3. The molecule has 1 unspecified atom stereocenters. The molecule has 0 saturated carbocycles. The van der Waals surface area contributed by atoms with Crippen LogP contribution in [0.15, 0.2) is 43.2 Å². The van der Waals surface area contributed by atoms with E-state index in [4.69, 9.17) is 4.74 Å². The predicted octanol–water partition coefficient (Wildman–Crippen LogP) is 3.19. The van der Waals surface area contributed by atoms with Crippen LogP contribution < -0.4 is 5.32 Å². The number of carbonyl (C=O) groups is 2. The third-order valence-electron chi connectivity index (χ3n) is 3.75. The molecule has 5 nitrogen and oxygen atoms in total. The lowest BCUT2D eigenvalue weighted by Crippen LogP contribution is -2.44. The van der Waals surface area contributed by atoms with Gasteiger partial charge in [0.05, 0.1) is 11.7 Å². The highest BCUT2D eigenvalue weighted by atomic mass is 19.2. The van der Waals surface area contributed by atoms with E-state index in [0.29, 0.717) is 17.7 Å². The Morgan fingerprint density at radius 3 is 2.32 bits per heavy atom. The maximum Gasteiger partial charge on any atom is 0.329 e. The van der Waals surface area contributed by atoms with Gasteiger partial charge >= 0.3 is 5.97 Å². The standard InChI is InChI=1S/C20H19F3N2O3/c1-11(2)28-20(27)16(10-13-6-8-24-9-7-13)25-19(26)12(3)17-14(21)4-5-15(22)18(17)23/h4-9,11,16H,3,10H2,1-2H3,(H,25,26). The highest BCUT2D eigenvalue weighted by Gasteiger charge is 2.27. The van der Waals surface area contributed by atoms with Gasteiger partial charge < -0.3 is 10.1 Å². The largest absolute Gasteiger partial charge is 0.461 e. The average molecular weight is 392 g/mol. The smallest absolute Gasteiger partial charge is 0.329 e. The van der Waals surface area contributed by atoms with Gasteiger partial charge in [0, 0.05) is 24.4 Å². The summed E-state index contributed by atoms with van der Waals surface area (Å²) in [5, 5.41) is 2.35. The van der Waals surface area contributed by atoms with Crippen LogP contribution in [-0.4, -0.2) is 29.0 Å². The van der Waals surface area contributed by atoms with Gasteiger partial charge in [0.25, 0.3) is 5.91 Å². The van der Waals surface area contributed by atoms with Crippen LogP contribution >= 0.6 is 0 Å². The second-order valence-corrected chi connectivity index (χ2v) is 6.27. The molecule has 1 aromatic heterocycles. The van der Waals surface area contributed by atoms with Crippen molar-refractivity contribution in [3.63, 3.8) is 0 Å². The van der Waals surface area contributed by atoms with Crippen LogP contribution in [0.25, 0.3) is 5.57 Å². The Morgan fingerprint density at radius 1 is 1.11 bits per heavy atom. The molecule has 0 saturated heterocycles. The molecule has 8 heteroatoms. The molecule has 148 valence electrons. The molecule has 1 N–H and O–H groups in total. The summed E-state index contributed by atoms with van der Waals surface area (Å²) in [6.45, 7) is 6.62. The third-order valence-corrected chi connectivity index (χ3v) is 3.75. The number of esters is 1. The number of amides is 1. The summed E-state index contributed by atoms with van der Waals surface area (Å²) < 4.78 is 46.4. The average Bonchev–Trinajstić information content (AvgIpc) is 2.64. The van der Waals surface area contributed by atoms with Gasteiger partial charge in [-0.3, -0.25) is 9.78 Å². The summed E-state index contributed by atoms with van der Waals surface area (Å²) in [4.78, 5) is 28.7. The third kappa shape index (κ3) is 5.18. The number of halogens is 3. The first-order valence-electron chi connectivity index (χ1n) is 8.43. The molecule has 0 spiro atoms. The summed E-state index contributed by atoms with van der Waals surface area (Å²) in [6.07, 6.45) is 2.64. The molecule has 0 bridgehead atoms. The van der Waals surface area contributed by atoms with Gasteiger partial charge in [-0.15, -0.1) is 0 Å². The van der Waals surface area contributed by atoms with Crippen LogP contribution in [0.1, 0.15) is 25.0 Å². The number of benzene rings is 1. The Balaban J connectivity index is 2.25. The highest BCUT2D eigenvalue weighted by molar-refractivity contribution is 6.19. The fraction of sp³-hybridized carbons (Fsp3) is 0.250. The Labute approximate surface area is 160 Å². The molecular formula is C20H19F3N2O3. The number of pyridine rings is 1. The monoisotopic (exact) mass is 392 g/mol. The van der Waals surface area contributed by atoms with Gasteiger partial charge in [0.1, 0.15) is 11.9 Å². The quantitative estimate of drug-likeness (QED) is 0.446. The van der Waals surface area contributed by atoms with E-state index in [1.165, 1.54) is 12.4 Å². The molecule has 0 aliphatic heterocycles. The number of hydrogen-bond donors (Lipinski definition) is 1. The van der Waals surface area contributed by atoms with E-state index in [0.717, 1.165) is 0 Å². The molecule has 0 aliphatic carbocycles. The Morgan fingerprint density at radius 2 is 1.71 bits per heavy atom. The number of aromatic nitrogens is 1. The maximum atomic E-state index is 13.9. The molecule has 1 atom stereocenters. The molecule has 2 rings (SSSR count). The number of nitrogens with one attached hydrogen (secondary N) is 1. The number of hydrogen-bond acceptors (Lipinski definition) is 4. The fourth-order valence-electron chi connectivity index (χ4n) is 2.42. The van der Waals surface area contributed by atoms with Crippen molar-refractivity contribution in [2.45, 2.75) is 32.4 Å². The molecule has 0 radical (unpaired) electrons. The molecule has 1 amide bonds. The predicted molar refractivity (Wildman–Crippen MR) is 96.4 cm³/mol. The normalized spacial score (nSPS) is 11.8. The van der Waals surface area contributed by atoms with E-state index >= 15 is 0 Å². The van der Waals surface area contributed by atoms with Crippen LogP contribution in [0.3, 0.4) is 0 Å². The zero-order chi connectivity index (χ0) is 20.8. The first kappa shape index (κ1) is 21.1. The van der Waals surface area contributed by atoms with Gasteiger partial charge in [-0.05, 0) is 43.7 Å². The summed E-state index contributed by atoms with van der Waals surface area (Å²) in [7, 11) is 0. The van der Waals surface area contributed by atoms with Crippen LogP contribution in [0.4, 0.5) is 13.2 Å². The van der Waals surface area contributed by atoms with E-state index < -0.39 is 52.6 Å². The second kappa shape index (κ2) is 9.16. The number of nitrogens with zero attached hydrogens (tertiary/aromatic N) is 1. The van der Waals surface area contributed by atoms with Crippen molar-refractivity contribution >= 4 is 17.4 Å². The highest BCUT2D eigenvalue weighted by Crippen LogP contribution is 2.23.